The Morgan fingerprint density at radius 2 is 1.76 bits per heavy atom. The highest BCUT2D eigenvalue weighted by atomic mass is 16.5. The lowest BCUT2D eigenvalue weighted by molar-refractivity contribution is -0.129. The van der Waals surface area contributed by atoms with Crippen molar-refractivity contribution >= 4 is 23.7 Å². The van der Waals surface area contributed by atoms with E-state index in [1.54, 1.807) is 10.4 Å². The van der Waals surface area contributed by atoms with Crippen LogP contribution in [0.5, 0.6) is 0 Å². The number of nitrogens with zero attached hydrogens (tertiary/aromatic N) is 2. The van der Waals surface area contributed by atoms with Crippen molar-refractivity contribution in [3.05, 3.63) is 24.3 Å². The molecule has 138 valence electrons. The molecule has 1 aromatic carbocycles. The fourth-order valence-electron chi connectivity index (χ4n) is 3.23. The number of rotatable bonds is 10. The van der Waals surface area contributed by atoms with Gasteiger partial charge in [0.15, 0.2) is 0 Å². The Balaban J connectivity index is 1.74. The maximum Gasteiger partial charge on any atom is 0.243 e. The molecular weight excluding hydrogens is 318 g/mol. The fourth-order valence-corrected chi connectivity index (χ4v) is 3.23. The van der Waals surface area contributed by atoms with E-state index in [2.05, 4.69) is 17.0 Å². The molecule has 1 aliphatic heterocycles. The van der Waals surface area contributed by atoms with E-state index in [9.17, 15) is 9.59 Å². The molecule has 0 aromatic heterocycles. The summed E-state index contributed by atoms with van der Waals surface area (Å²) in [5.41, 5.74) is 3.80. The molecule has 0 saturated carbocycles. The third-order valence-electron chi connectivity index (χ3n) is 4.71. The largest absolute Gasteiger partial charge is 0.372 e. The molecule has 1 fully saturated rings. The van der Waals surface area contributed by atoms with Crippen molar-refractivity contribution < 1.29 is 14.8 Å². The van der Waals surface area contributed by atoms with Gasteiger partial charge in [-0.1, -0.05) is 12.8 Å². The minimum Gasteiger partial charge on any atom is -0.372 e. The number of carbonyl (C=O) groups excluding carboxylic acids is 2. The lowest BCUT2D eigenvalue weighted by atomic mass is 10.1. The summed E-state index contributed by atoms with van der Waals surface area (Å²) in [6.07, 6.45) is 8.55. The van der Waals surface area contributed by atoms with Crippen molar-refractivity contribution in [2.75, 3.05) is 29.4 Å². The molecule has 0 radical (unpaired) electrons. The number of amides is 2. The van der Waals surface area contributed by atoms with Crippen LogP contribution in [0.25, 0.3) is 0 Å². The normalized spacial score (nSPS) is 14.2. The number of carbonyl (C=O) groups is 2. The van der Waals surface area contributed by atoms with Crippen LogP contribution in [0.4, 0.5) is 11.4 Å². The van der Waals surface area contributed by atoms with Crippen molar-refractivity contribution in [2.24, 2.45) is 0 Å². The van der Waals surface area contributed by atoms with E-state index in [4.69, 9.17) is 5.21 Å². The van der Waals surface area contributed by atoms with Crippen LogP contribution in [-0.4, -0.2) is 37.2 Å². The number of anilines is 2. The Morgan fingerprint density at radius 1 is 1.08 bits per heavy atom. The first-order chi connectivity index (χ1) is 12.2. The highest BCUT2D eigenvalue weighted by molar-refractivity contribution is 5.76. The number of benzene rings is 1. The Morgan fingerprint density at radius 3 is 2.40 bits per heavy atom. The van der Waals surface area contributed by atoms with Crippen LogP contribution >= 0.6 is 0 Å². The number of unbranched alkanes of at least 4 members (excludes halogenated alkanes) is 3. The summed E-state index contributed by atoms with van der Waals surface area (Å²) in [5, 5.41) is 8.42. The highest BCUT2D eigenvalue weighted by Crippen LogP contribution is 2.23. The first kappa shape index (κ1) is 19.2. The van der Waals surface area contributed by atoms with Gasteiger partial charge in [0.2, 0.25) is 12.3 Å². The molecule has 6 heteroatoms. The van der Waals surface area contributed by atoms with E-state index in [0.29, 0.717) is 13.0 Å². The minimum absolute atomic E-state index is 0.339. The van der Waals surface area contributed by atoms with Crippen LogP contribution in [0.1, 0.15) is 51.4 Å². The summed E-state index contributed by atoms with van der Waals surface area (Å²) in [5.74, 6) is -0.344. The molecule has 1 saturated heterocycles. The molecule has 0 unspecified atom stereocenters. The van der Waals surface area contributed by atoms with Gasteiger partial charge in [-0.2, -0.15) is 0 Å². The number of piperidine rings is 1. The summed E-state index contributed by atoms with van der Waals surface area (Å²) >= 11 is 0. The Kier molecular flexibility index (Phi) is 8.25. The molecule has 25 heavy (non-hydrogen) atoms. The maximum atomic E-state index is 11.4. The molecule has 6 nitrogen and oxygen atoms in total. The lowest BCUT2D eigenvalue weighted by Crippen LogP contribution is -2.29. The molecule has 2 rings (SSSR count). The minimum atomic E-state index is -0.344. The monoisotopic (exact) mass is 347 g/mol. The van der Waals surface area contributed by atoms with E-state index >= 15 is 0 Å². The van der Waals surface area contributed by atoms with Gasteiger partial charge in [-0.15, -0.1) is 0 Å². The quantitative estimate of drug-likeness (QED) is 0.295. The van der Waals surface area contributed by atoms with Gasteiger partial charge in [0.25, 0.3) is 0 Å². The van der Waals surface area contributed by atoms with Gasteiger partial charge in [-0.05, 0) is 56.4 Å². The Hall–Kier alpha value is -2.08. The van der Waals surface area contributed by atoms with Crippen LogP contribution in [0, 0.1) is 0 Å². The van der Waals surface area contributed by atoms with Gasteiger partial charge in [0.1, 0.15) is 0 Å². The average molecular weight is 347 g/mol. The summed E-state index contributed by atoms with van der Waals surface area (Å²) < 4.78 is 0. The van der Waals surface area contributed by atoms with E-state index in [-0.39, 0.29) is 5.91 Å². The zero-order valence-electron chi connectivity index (χ0n) is 14.8. The maximum absolute atomic E-state index is 11.4. The van der Waals surface area contributed by atoms with Gasteiger partial charge < -0.3 is 9.80 Å². The van der Waals surface area contributed by atoms with Gasteiger partial charge in [0, 0.05) is 37.4 Å². The topological polar surface area (TPSA) is 72.9 Å². The summed E-state index contributed by atoms with van der Waals surface area (Å²) in [6.45, 7) is 2.91. The van der Waals surface area contributed by atoms with Crippen molar-refractivity contribution in [1.29, 1.82) is 0 Å². The molecule has 1 aromatic rings. The standard InChI is InChI=1S/C19H29N3O3/c23-16-22(15-5-2-1-4-8-19(24)20-25)18-11-9-17(10-12-18)21-13-6-3-7-14-21/h9-12,16,25H,1-8,13-15H2,(H,20,24). The molecule has 0 atom stereocenters. The predicted octanol–water partition coefficient (Wildman–Crippen LogP) is 3.10. The van der Waals surface area contributed by atoms with E-state index in [1.807, 2.05) is 12.1 Å². The second kappa shape index (κ2) is 10.7. The second-order valence-corrected chi connectivity index (χ2v) is 6.56. The SMILES string of the molecule is O=CN(CCCCCCC(=O)NO)c1ccc(N2CCCCC2)cc1. The van der Waals surface area contributed by atoms with E-state index < -0.39 is 0 Å². The van der Waals surface area contributed by atoms with E-state index in [1.165, 1.54) is 24.9 Å². The smallest absolute Gasteiger partial charge is 0.243 e. The second-order valence-electron chi connectivity index (χ2n) is 6.56. The van der Waals surface area contributed by atoms with Gasteiger partial charge in [0.05, 0.1) is 0 Å². The Bertz CT molecular complexity index is 527. The number of hydrogen-bond donors (Lipinski definition) is 2. The summed E-state index contributed by atoms with van der Waals surface area (Å²) in [6, 6.07) is 8.24. The Labute approximate surface area is 149 Å². The zero-order chi connectivity index (χ0) is 17.9. The molecule has 0 bridgehead atoms. The van der Waals surface area contributed by atoms with Crippen LogP contribution in [0.3, 0.4) is 0 Å². The highest BCUT2D eigenvalue weighted by Gasteiger charge is 2.11. The molecule has 2 N–H and O–H groups in total. The molecule has 1 heterocycles. The van der Waals surface area contributed by atoms with Crippen LogP contribution < -0.4 is 15.3 Å². The molecule has 1 aliphatic rings. The molecular formula is C19H29N3O3. The third-order valence-corrected chi connectivity index (χ3v) is 4.71. The van der Waals surface area contributed by atoms with Gasteiger partial charge in [-0.3, -0.25) is 14.8 Å². The summed E-state index contributed by atoms with van der Waals surface area (Å²) in [4.78, 5) is 26.4. The van der Waals surface area contributed by atoms with Crippen LogP contribution in [0.2, 0.25) is 0 Å². The van der Waals surface area contributed by atoms with Gasteiger partial charge >= 0.3 is 0 Å². The molecule has 2 amide bonds. The van der Waals surface area contributed by atoms with Crippen molar-refractivity contribution in [3.63, 3.8) is 0 Å². The number of nitrogens with one attached hydrogen (secondary N) is 1. The molecule has 0 spiro atoms. The lowest BCUT2D eigenvalue weighted by Gasteiger charge is -2.29. The van der Waals surface area contributed by atoms with Crippen LogP contribution in [-0.2, 0) is 9.59 Å². The molecule has 0 aliphatic carbocycles. The average Bonchev–Trinajstić information content (AvgIpc) is 2.68. The zero-order valence-corrected chi connectivity index (χ0v) is 14.8. The van der Waals surface area contributed by atoms with Gasteiger partial charge in [-0.25, -0.2) is 5.48 Å². The fraction of sp³-hybridized carbons (Fsp3) is 0.579. The van der Waals surface area contributed by atoms with Crippen LogP contribution in [0.15, 0.2) is 24.3 Å². The number of hydroxylamine groups is 1. The number of hydrogen-bond acceptors (Lipinski definition) is 4. The summed E-state index contributed by atoms with van der Waals surface area (Å²) in [7, 11) is 0. The third kappa shape index (κ3) is 6.38. The van der Waals surface area contributed by atoms with E-state index in [0.717, 1.165) is 50.9 Å². The van der Waals surface area contributed by atoms with Crippen molar-refractivity contribution in [3.8, 4) is 0 Å². The van der Waals surface area contributed by atoms with Crippen molar-refractivity contribution in [2.45, 2.75) is 51.4 Å². The predicted molar refractivity (Wildman–Crippen MR) is 98.9 cm³/mol. The first-order valence-corrected chi connectivity index (χ1v) is 9.24. The first-order valence-electron chi connectivity index (χ1n) is 9.24. The van der Waals surface area contributed by atoms with Crippen molar-refractivity contribution in [1.82, 2.24) is 5.48 Å².